The van der Waals surface area contributed by atoms with E-state index in [1.165, 1.54) is 5.56 Å². The Bertz CT molecular complexity index is 421. The summed E-state index contributed by atoms with van der Waals surface area (Å²) in [5.74, 6) is 0. The predicted octanol–water partition coefficient (Wildman–Crippen LogP) is 1.65. The second kappa shape index (κ2) is 3.95. The Labute approximate surface area is 95.6 Å². The topological polar surface area (TPSA) is 56.7 Å². The first-order valence-electron chi connectivity index (χ1n) is 4.16. The van der Waals surface area contributed by atoms with Crippen molar-refractivity contribution >= 4 is 28.6 Å². The normalized spacial score (nSPS) is 10.4. The first-order chi connectivity index (χ1) is 6.75. The van der Waals surface area contributed by atoms with Crippen LogP contribution in [0.25, 0.3) is 0 Å². The molecule has 1 aromatic carbocycles. The van der Waals surface area contributed by atoms with Crippen LogP contribution in [0, 0.1) is 0 Å². The molecule has 0 amide bonds. The molecule has 0 radical (unpaired) electrons. The van der Waals surface area contributed by atoms with Gasteiger partial charge in [0.1, 0.15) is 0 Å². The lowest BCUT2D eigenvalue weighted by Crippen LogP contribution is -1.94. The summed E-state index contributed by atoms with van der Waals surface area (Å²) >= 11 is 2.11. The summed E-state index contributed by atoms with van der Waals surface area (Å²) in [4.78, 5) is 0. The van der Waals surface area contributed by atoms with Gasteiger partial charge in [0.15, 0.2) is 0 Å². The second-order valence-electron chi connectivity index (χ2n) is 3.00. The monoisotopic (exact) mass is 300 g/mol. The largest absolute Gasteiger partial charge is 0.399 e. The van der Waals surface area contributed by atoms with E-state index in [1.54, 1.807) is 9.09 Å². The minimum absolute atomic E-state index is 0.787. The number of hydrogen-bond donors (Lipinski definition) is 1. The van der Waals surface area contributed by atoms with Crippen molar-refractivity contribution in [3.8, 4) is 0 Å². The van der Waals surface area contributed by atoms with E-state index in [0.29, 0.717) is 0 Å². The van der Waals surface area contributed by atoms with E-state index < -0.39 is 0 Å². The van der Waals surface area contributed by atoms with Crippen LogP contribution in [0.4, 0.5) is 5.69 Å². The molecule has 0 unspecified atom stereocenters. The summed E-state index contributed by atoms with van der Waals surface area (Å²) in [6, 6.07) is 7.82. The van der Waals surface area contributed by atoms with Gasteiger partial charge in [0.2, 0.25) is 0 Å². The fourth-order valence-corrected chi connectivity index (χ4v) is 1.60. The molecule has 0 bridgehead atoms. The van der Waals surface area contributed by atoms with E-state index in [1.807, 2.05) is 24.3 Å². The molecule has 0 aliphatic carbocycles. The number of hydrogen-bond acceptors (Lipinski definition) is 3. The van der Waals surface area contributed by atoms with Crippen LogP contribution in [-0.4, -0.2) is 13.2 Å². The van der Waals surface area contributed by atoms with Gasteiger partial charge >= 0.3 is 0 Å². The maximum Gasteiger partial charge on any atom is 0.0867 e. The van der Waals surface area contributed by atoms with Gasteiger partial charge in [0.25, 0.3) is 0 Å². The van der Waals surface area contributed by atoms with Crippen LogP contribution in [-0.2, 0) is 6.42 Å². The van der Waals surface area contributed by atoms with Crippen LogP contribution < -0.4 is 5.73 Å². The maximum atomic E-state index is 5.60. The summed E-state index contributed by atoms with van der Waals surface area (Å²) in [6.45, 7) is 0. The highest BCUT2D eigenvalue weighted by atomic mass is 127. The van der Waals surface area contributed by atoms with Gasteiger partial charge in [-0.3, -0.25) is 0 Å². The Morgan fingerprint density at radius 1 is 1.29 bits per heavy atom. The molecule has 14 heavy (non-hydrogen) atoms. The highest BCUT2D eigenvalue weighted by Crippen LogP contribution is 2.11. The summed E-state index contributed by atoms with van der Waals surface area (Å²) in [5.41, 5.74) is 8.67. The van der Waals surface area contributed by atoms with Gasteiger partial charge in [-0.05, 0) is 17.7 Å². The third-order valence-electron chi connectivity index (χ3n) is 1.94. The van der Waals surface area contributed by atoms with Gasteiger partial charge < -0.3 is 5.73 Å². The molecule has 0 saturated carbocycles. The first kappa shape index (κ1) is 9.45. The number of nitrogens with zero attached hydrogens (tertiary/aromatic N) is 3. The summed E-state index contributed by atoms with van der Waals surface area (Å²) in [5, 5.41) is 7.68. The molecule has 5 heteroatoms. The highest BCUT2D eigenvalue weighted by molar-refractivity contribution is 14.1. The molecular weight excluding hydrogens is 291 g/mol. The van der Waals surface area contributed by atoms with Crippen LogP contribution in [0.5, 0.6) is 0 Å². The van der Waals surface area contributed by atoms with Gasteiger partial charge in [-0.2, -0.15) is 2.90 Å². The summed E-state index contributed by atoms with van der Waals surface area (Å²) in [6.07, 6.45) is 2.60. The van der Waals surface area contributed by atoms with Crippen molar-refractivity contribution in [1.82, 2.24) is 13.2 Å². The third kappa shape index (κ3) is 2.03. The average molecular weight is 300 g/mol. The average Bonchev–Trinajstić information content (AvgIpc) is 2.56. The van der Waals surface area contributed by atoms with Gasteiger partial charge in [-0.25, -0.2) is 0 Å². The number of nitrogens with two attached hydrogens (primary N) is 1. The summed E-state index contributed by atoms with van der Waals surface area (Å²) < 4.78 is 1.74. The summed E-state index contributed by atoms with van der Waals surface area (Å²) in [7, 11) is 0. The molecule has 1 aromatic heterocycles. The molecule has 4 nitrogen and oxygen atoms in total. The molecule has 1 heterocycles. The van der Waals surface area contributed by atoms with Crippen molar-refractivity contribution in [2.45, 2.75) is 6.42 Å². The van der Waals surface area contributed by atoms with Crippen molar-refractivity contribution < 1.29 is 0 Å². The molecule has 0 fully saturated rings. The zero-order valence-corrected chi connectivity index (χ0v) is 9.55. The maximum absolute atomic E-state index is 5.60. The van der Waals surface area contributed by atoms with E-state index >= 15 is 0 Å². The van der Waals surface area contributed by atoms with Crippen molar-refractivity contribution in [2.75, 3.05) is 5.73 Å². The number of nitrogen functional groups attached to an aromatic ring is 1. The third-order valence-corrected chi connectivity index (χ3v) is 2.75. The van der Waals surface area contributed by atoms with Crippen molar-refractivity contribution in [1.29, 1.82) is 0 Å². The smallest absolute Gasteiger partial charge is 0.0867 e. The Kier molecular flexibility index (Phi) is 2.67. The van der Waals surface area contributed by atoms with Crippen molar-refractivity contribution in [2.24, 2.45) is 0 Å². The van der Waals surface area contributed by atoms with Crippen LogP contribution in [0.15, 0.2) is 30.5 Å². The lowest BCUT2D eigenvalue weighted by atomic mass is 10.1. The predicted molar refractivity (Wildman–Crippen MR) is 63.1 cm³/mol. The lowest BCUT2D eigenvalue weighted by Gasteiger charge is -2.00. The number of benzene rings is 1. The van der Waals surface area contributed by atoms with Crippen LogP contribution >= 0.6 is 22.9 Å². The van der Waals surface area contributed by atoms with Crippen LogP contribution in [0.3, 0.4) is 0 Å². The fourth-order valence-electron chi connectivity index (χ4n) is 1.20. The van der Waals surface area contributed by atoms with Crippen molar-refractivity contribution in [3.05, 3.63) is 41.7 Å². The number of aromatic nitrogens is 3. The Hall–Kier alpha value is -1.11. The number of rotatable bonds is 2. The molecular formula is C9H9IN4. The van der Waals surface area contributed by atoms with E-state index in [-0.39, 0.29) is 0 Å². The van der Waals surface area contributed by atoms with Gasteiger partial charge in [0, 0.05) is 12.1 Å². The molecule has 2 aromatic rings. The molecule has 72 valence electrons. The molecule has 2 N–H and O–H groups in total. The van der Waals surface area contributed by atoms with Gasteiger partial charge in [0.05, 0.1) is 34.8 Å². The molecule has 0 aliphatic heterocycles. The molecule has 2 rings (SSSR count). The van der Waals surface area contributed by atoms with Crippen LogP contribution in [0.1, 0.15) is 11.3 Å². The van der Waals surface area contributed by atoms with E-state index in [0.717, 1.165) is 17.8 Å². The molecule has 0 spiro atoms. The number of halogens is 1. The standard InChI is InChI=1S/C9H9IN4/c10-14-9(6-12-13-14)5-7-1-3-8(11)4-2-7/h1-4,6H,5,11H2. The van der Waals surface area contributed by atoms with E-state index in [4.69, 9.17) is 5.73 Å². The van der Waals surface area contributed by atoms with E-state index in [9.17, 15) is 0 Å². The highest BCUT2D eigenvalue weighted by Gasteiger charge is 2.01. The number of anilines is 1. The lowest BCUT2D eigenvalue weighted by molar-refractivity contribution is 0.892. The SMILES string of the molecule is Nc1ccc(Cc2cnnn2I)cc1. The first-order valence-corrected chi connectivity index (χ1v) is 5.12. The quantitative estimate of drug-likeness (QED) is 0.678. The zero-order chi connectivity index (χ0) is 9.97. The second-order valence-corrected chi connectivity index (χ2v) is 3.92. The van der Waals surface area contributed by atoms with Crippen molar-refractivity contribution in [3.63, 3.8) is 0 Å². The molecule has 0 saturated heterocycles. The Morgan fingerprint density at radius 2 is 2.00 bits per heavy atom. The van der Waals surface area contributed by atoms with Crippen LogP contribution in [0.2, 0.25) is 0 Å². The fraction of sp³-hybridized carbons (Fsp3) is 0.111. The van der Waals surface area contributed by atoms with Gasteiger partial charge in [-0.15, -0.1) is 5.10 Å². The minimum Gasteiger partial charge on any atom is -0.399 e. The van der Waals surface area contributed by atoms with E-state index in [2.05, 4.69) is 33.2 Å². The Balaban J connectivity index is 2.19. The molecule has 0 atom stereocenters. The van der Waals surface area contributed by atoms with Gasteiger partial charge in [-0.1, -0.05) is 17.3 Å². The Morgan fingerprint density at radius 3 is 2.57 bits per heavy atom. The zero-order valence-electron chi connectivity index (χ0n) is 7.39. The minimum atomic E-state index is 0.787. The molecule has 0 aliphatic rings.